The van der Waals surface area contributed by atoms with Crippen LogP contribution in [0.4, 0.5) is 0 Å². The summed E-state index contributed by atoms with van der Waals surface area (Å²) in [6.07, 6.45) is 7.83. The molecule has 0 aromatic heterocycles. The second kappa shape index (κ2) is 9.90. The van der Waals surface area contributed by atoms with Gasteiger partial charge in [0.25, 0.3) is 0 Å². The number of benzene rings is 1. The van der Waals surface area contributed by atoms with Gasteiger partial charge in [0.2, 0.25) is 5.91 Å². The van der Waals surface area contributed by atoms with E-state index in [4.69, 9.17) is 4.74 Å². The third kappa shape index (κ3) is 4.85. The van der Waals surface area contributed by atoms with Crippen LogP contribution in [0.1, 0.15) is 56.1 Å². The van der Waals surface area contributed by atoms with Crippen molar-refractivity contribution in [2.75, 3.05) is 33.4 Å². The van der Waals surface area contributed by atoms with Gasteiger partial charge < -0.3 is 15.4 Å². The van der Waals surface area contributed by atoms with Crippen LogP contribution in [-0.2, 0) is 14.9 Å². The molecule has 0 bridgehead atoms. The van der Waals surface area contributed by atoms with Crippen LogP contribution in [0.3, 0.4) is 0 Å². The van der Waals surface area contributed by atoms with Gasteiger partial charge in [0.1, 0.15) is 0 Å². The average molecular weight is 395 g/mol. The van der Waals surface area contributed by atoms with Gasteiger partial charge in [-0.3, -0.25) is 4.79 Å². The number of halogens is 1. The number of ether oxygens (including phenoxy) is 1. The molecular formula is C22H35ClN2O2. The Bertz CT molecular complexity index is 603. The maximum atomic E-state index is 13.2. The molecule has 1 aliphatic carbocycles. The Balaban J connectivity index is 0.00000261. The van der Waals surface area contributed by atoms with E-state index in [2.05, 4.69) is 41.8 Å². The number of amides is 1. The highest BCUT2D eigenvalue weighted by atomic mass is 35.5. The lowest BCUT2D eigenvalue weighted by Crippen LogP contribution is -2.53. The summed E-state index contributed by atoms with van der Waals surface area (Å²) in [7, 11) is 1.70. The molecule has 0 unspecified atom stereocenters. The molecular weight excluding hydrogens is 360 g/mol. The molecule has 1 saturated carbocycles. The van der Waals surface area contributed by atoms with Gasteiger partial charge in [0.05, 0.1) is 12.0 Å². The highest BCUT2D eigenvalue weighted by Crippen LogP contribution is 2.41. The van der Waals surface area contributed by atoms with Gasteiger partial charge in [-0.2, -0.15) is 0 Å². The van der Waals surface area contributed by atoms with Gasteiger partial charge in [-0.15, -0.1) is 12.4 Å². The van der Waals surface area contributed by atoms with Crippen LogP contribution in [0, 0.1) is 12.3 Å². The standard InChI is InChI=1S/C22H34N2O2.ClH/c1-18-8-4-5-9-19(18)21(10-6-3-7-11-21)16-24-20(25)22(17-26-2)12-14-23-15-13-22;/h4-5,8-9,23H,3,6-7,10-17H2,1-2H3,(H,24,25);1H. The maximum absolute atomic E-state index is 13.2. The summed E-state index contributed by atoms with van der Waals surface area (Å²) in [5, 5.41) is 6.73. The lowest BCUT2D eigenvalue weighted by molar-refractivity contribution is -0.136. The zero-order chi connectivity index (χ0) is 18.5. The smallest absolute Gasteiger partial charge is 0.228 e. The summed E-state index contributed by atoms with van der Waals surface area (Å²) >= 11 is 0. The zero-order valence-corrected chi connectivity index (χ0v) is 17.6. The molecule has 2 N–H and O–H groups in total. The predicted octanol–water partition coefficient (Wildman–Crippen LogP) is 3.75. The number of hydrogen-bond acceptors (Lipinski definition) is 3. The Kier molecular flexibility index (Phi) is 8.14. The molecule has 1 saturated heterocycles. The number of hydrogen-bond donors (Lipinski definition) is 2. The van der Waals surface area contributed by atoms with Crippen LogP contribution < -0.4 is 10.6 Å². The number of carbonyl (C=O) groups excluding carboxylic acids is 1. The third-order valence-electron chi connectivity index (χ3n) is 6.58. The van der Waals surface area contributed by atoms with Gasteiger partial charge in [0.15, 0.2) is 0 Å². The van der Waals surface area contributed by atoms with Crippen LogP contribution in [0.15, 0.2) is 24.3 Å². The van der Waals surface area contributed by atoms with Gasteiger partial charge in [-0.25, -0.2) is 0 Å². The van der Waals surface area contributed by atoms with Crippen molar-refractivity contribution < 1.29 is 9.53 Å². The first kappa shape index (κ1) is 22.2. The van der Waals surface area contributed by atoms with Crippen molar-refractivity contribution in [2.24, 2.45) is 5.41 Å². The highest BCUT2D eigenvalue weighted by molar-refractivity contribution is 5.85. The molecule has 2 fully saturated rings. The summed E-state index contributed by atoms with van der Waals surface area (Å²) in [5.41, 5.74) is 2.48. The van der Waals surface area contributed by atoms with Crippen LogP contribution in [0.5, 0.6) is 0 Å². The first-order valence-electron chi connectivity index (χ1n) is 10.2. The summed E-state index contributed by atoms with van der Waals surface area (Å²) < 4.78 is 5.44. The van der Waals surface area contributed by atoms with E-state index in [-0.39, 0.29) is 29.1 Å². The minimum Gasteiger partial charge on any atom is -0.384 e. The number of piperidine rings is 1. The Morgan fingerprint density at radius 1 is 1.11 bits per heavy atom. The minimum atomic E-state index is -0.373. The highest BCUT2D eigenvalue weighted by Gasteiger charge is 2.42. The summed E-state index contributed by atoms with van der Waals surface area (Å²) in [5.74, 6) is 0.180. The van der Waals surface area contributed by atoms with Crippen molar-refractivity contribution in [2.45, 2.75) is 57.3 Å². The Labute approximate surface area is 170 Å². The summed E-state index contributed by atoms with van der Waals surface area (Å²) in [4.78, 5) is 13.2. The van der Waals surface area contributed by atoms with E-state index >= 15 is 0 Å². The molecule has 1 amide bonds. The number of carbonyl (C=O) groups is 1. The molecule has 2 aliphatic rings. The monoisotopic (exact) mass is 394 g/mol. The molecule has 1 aromatic carbocycles. The summed E-state index contributed by atoms with van der Waals surface area (Å²) in [6, 6.07) is 8.71. The molecule has 4 nitrogen and oxygen atoms in total. The van der Waals surface area contributed by atoms with Crippen molar-refractivity contribution in [1.82, 2.24) is 10.6 Å². The largest absolute Gasteiger partial charge is 0.384 e. The number of rotatable bonds is 6. The Hall–Kier alpha value is -1.10. The molecule has 1 aliphatic heterocycles. The second-order valence-electron chi connectivity index (χ2n) is 8.30. The van der Waals surface area contributed by atoms with Gasteiger partial charge >= 0.3 is 0 Å². The maximum Gasteiger partial charge on any atom is 0.228 e. The van der Waals surface area contributed by atoms with E-state index in [0.717, 1.165) is 45.3 Å². The minimum absolute atomic E-state index is 0. The molecule has 1 aromatic rings. The number of nitrogens with one attached hydrogen (secondary N) is 2. The van der Waals surface area contributed by atoms with E-state index in [9.17, 15) is 4.79 Å². The fourth-order valence-corrected chi connectivity index (χ4v) is 4.99. The van der Waals surface area contributed by atoms with Crippen LogP contribution in [0.2, 0.25) is 0 Å². The topological polar surface area (TPSA) is 50.4 Å². The van der Waals surface area contributed by atoms with Crippen molar-refractivity contribution in [1.29, 1.82) is 0 Å². The first-order valence-corrected chi connectivity index (χ1v) is 10.2. The fraction of sp³-hybridized carbons (Fsp3) is 0.682. The average Bonchev–Trinajstić information content (AvgIpc) is 2.68. The molecule has 5 heteroatoms. The lowest BCUT2D eigenvalue weighted by atomic mass is 9.68. The van der Waals surface area contributed by atoms with Crippen molar-refractivity contribution in [3.05, 3.63) is 35.4 Å². The Morgan fingerprint density at radius 2 is 1.78 bits per heavy atom. The van der Waals surface area contributed by atoms with Crippen molar-refractivity contribution >= 4 is 18.3 Å². The van der Waals surface area contributed by atoms with Gasteiger partial charge in [0, 0.05) is 19.1 Å². The van der Waals surface area contributed by atoms with Gasteiger partial charge in [-0.05, 0) is 56.8 Å². The number of aryl methyl sites for hydroxylation is 1. The zero-order valence-electron chi connectivity index (χ0n) is 16.8. The molecule has 27 heavy (non-hydrogen) atoms. The SMILES string of the molecule is COCC1(C(=O)NCC2(c3ccccc3C)CCCCC2)CCNCC1.Cl. The molecule has 0 atom stereocenters. The lowest BCUT2D eigenvalue weighted by Gasteiger charge is -2.41. The first-order chi connectivity index (χ1) is 12.6. The quantitative estimate of drug-likeness (QED) is 0.772. The van der Waals surface area contributed by atoms with E-state index in [1.807, 2.05) is 0 Å². The van der Waals surface area contributed by atoms with Gasteiger partial charge in [-0.1, -0.05) is 43.5 Å². The fourth-order valence-electron chi connectivity index (χ4n) is 4.99. The van der Waals surface area contributed by atoms with Crippen LogP contribution >= 0.6 is 12.4 Å². The molecule has 0 radical (unpaired) electrons. The molecule has 0 spiro atoms. The summed E-state index contributed by atoms with van der Waals surface area (Å²) in [6.45, 7) is 5.24. The van der Waals surface area contributed by atoms with E-state index in [1.54, 1.807) is 7.11 Å². The van der Waals surface area contributed by atoms with E-state index < -0.39 is 0 Å². The molecule has 1 heterocycles. The van der Waals surface area contributed by atoms with Crippen LogP contribution in [0.25, 0.3) is 0 Å². The normalized spacial score (nSPS) is 21.1. The molecule has 152 valence electrons. The molecule has 3 rings (SSSR count). The Morgan fingerprint density at radius 3 is 2.41 bits per heavy atom. The number of methoxy groups -OCH3 is 1. The predicted molar refractivity (Wildman–Crippen MR) is 113 cm³/mol. The van der Waals surface area contributed by atoms with Crippen molar-refractivity contribution in [3.8, 4) is 0 Å². The van der Waals surface area contributed by atoms with E-state index in [1.165, 1.54) is 30.4 Å². The van der Waals surface area contributed by atoms with Crippen molar-refractivity contribution in [3.63, 3.8) is 0 Å². The van der Waals surface area contributed by atoms with E-state index in [0.29, 0.717) is 6.61 Å². The van der Waals surface area contributed by atoms with Crippen LogP contribution in [-0.4, -0.2) is 39.3 Å². The third-order valence-corrected chi connectivity index (χ3v) is 6.58. The second-order valence-corrected chi connectivity index (χ2v) is 8.30.